The van der Waals surface area contributed by atoms with Crippen molar-refractivity contribution in [3.05, 3.63) is 58.7 Å². The first-order chi connectivity index (χ1) is 13.7. The predicted molar refractivity (Wildman–Crippen MR) is 120 cm³/mol. The molecule has 2 aromatic carbocycles. The van der Waals surface area contributed by atoms with Crippen LogP contribution in [0.1, 0.15) is 41.1 Å². The Balaban J connectivity index is 1.85. The van der Waals surface area contributed by atoms with Crippen molar-refractivity contribution in [2.24, 2.45) is 0 Å². The van der Waals surface area contributed by atoms with Gasteiger partial charge in [-0.05, 0) is 75.5 Å². The first-order valence-electron chi connectivity index (χ1n) is 10.3. The maximum atomic E-state index is 13.1. The lowest BCUT2D eigenvalue weighted by atomic mass is 10.1. The van der Waals surface area contributed by atoms with Gasteiger partial charge in [-0.2, -0.15) is 0 Å². The predicted octanol–water partition coefficient (Wildman–Crippen LogP) is 3.79. The fraction of sp³-hybridized carbons (Fsp3) is 0.478. The number of rotatable bonds is 7. The summed E-state index contributed by atoms with van der Waals surface area (Å²) < 4.78 is 29.2. The summed E-state index contributed by atoms with van der Waals surface area (Å²) in [5.74, 6) is 0. The topological polar surface area (TPSA) is 52.7 Å². The SMILES string of the molecule is Cc1cc(C)c(S(=O)(=O)NC[C@@H](c2ccc(N(C)C)cc2)N2CCCC2)c(C)c1. The Hall–Kier alpha value is -1.89. The summed E-state index contributed by atoms with van der Waals surface area (Å²) in [6.07, 6.45) is 2.32. The van der Waals surface area contributed by atoms with Gasteiger partial charge in [-0.15, -0.1) is 0 Å². The van der Waals surface area contributed by atoms with Crippen LogP contribution in [0.3, 0.4) is 0 Å². The van der Waals surface area contributed by atoms with Crippen LogP contribution in [0.5, 0.6) is 0 Å². The van der Waals surface area contributed by atoms with Crippen molar-refractivity contribution in [2.45, 2.75) is 44.6 Å². The van der Waals surface area contributed by atoms with Gasteiger partial charge in [0.05, 0.1) is 4.90 Å². The minimum absolute atomic E-state index is 0.0366. The molecule has 0 unspecified atom stereocenters. The highest BCUT2D eigenvalue weighted by Crippen LogP contribution is 2.28. The molecule has 1 fully saturated rings. The van der Waals surface area contributed by atoms with Crippen LogP contribution in [-0.4, -0.2) is 47.0 Å². The van der Waals surface area contributed by atoms with Crippen molar-refractivity contribution < 1.29 is 8.42 Å². The summed E-state index contributed by atoms with van der Waals surface area (Å²) in [4.78, 5) is 4.87. The van der Waals surface area contributed by atoms with E-state index < -0.39 is 10.0 Å². The number of aryl methyl sites for hydroxylation is 3. The van der Waals surface area contributed by atoms with Crippen molar-refractivity contribution in [2.75, 3.05) is 38.6 Å². The van der Waals surface area contributed by atoms with E-state index in [0.29, 0.717) is 11.4 Å². The number of anilines is 1. The van der Waals surface area contributed by atoms with Crippen molar-refractivity contribution in [3.63, 3.8) is 0 Å². The number of likely N-dealkylation sites (tertiary alicyclic amines) is 1. The van der Waals surface area contributed by atoms with Gasteiger partial charge in [-0.25, -0.2) is 13.1 Å². The molecule has 2 aromatic rings. The van der Waals surface area contributed by atoms with Gasteiger partial charge in [-0.3, -0.25) is 4.90 Å². The smallest absolute Gasteiger partial charge is 0.241 e. The molecule has 1 aliphatic heterocycles. The minimum atomic E-state index is -3.58. The van der Waals surface area contributed by atoms with Crippen LogP contribution < -0.4 is 9.62 Å². The van der Waals surface area contributed by atoms with Crippen LogP contribution in [0.25, 0.3) is 0 Å². The van der Waals surface area contributed by atoms with E-state index in [0.717, 1.165) is 53.9 Å². The van der Waals surface area contributed by atoms with Crippen LogP contribution in [0.2, 0.25) is 0 Å². The summed E-state index contributed by atoms with van der Waals surface area (Å²) in [5.41, 5.74) is 4.96. The van der Waals surface area contributed by atoms with Gasteiger partial charge < -0.3 is 4.90 Å². The van der Waals surface area contributed by atoms with E-state index >= 15 is 0 Å². The lowest BCUT2D eigenvalue weighted by Crippen LogP contribution is -2.37. The van der Waals surface area contributed by atoms with E-state index in [1.54, 1.807) is 0 Å². The third-order valence-corrected chi connectivity index (χ3v) is 7.44. The van der Waals surface area contributed by atoms with Crippen molar-refractivity contribution >= 4 is 15.7 Å². The van der Waals surface area contributed by atoms with Crippen molar-refractivity contribution in [1.29, 1.82) is 0 Å². The van der Waals surface area contributed by atoms with Crippen molar-refractivity contribution in [1.82, 2.24) is 9.62 Å². The molecule has 0 amide bonds. The van der Waals surface area contributed by atoms with E-state index in [4.69, 9.17) is 0 Å². The quantitative estimate of drug-likeness (QED) is 0.747. The molecule has 29 heavy (non-hydrogen) atoms. The first kappa shape index (κ1) is 21.8. The maximum absolute atomic E-state index is 13.1. The number of sulfonamides is 1. The highest BCUT2D eigenvalue weighted by molar-refractivity contribution is 7.89. The van der Waals surface area contributed by atoms with Gasteiger partial charge in [-0.1, -0.05) is 29.8 Å². The molecule has 3 rings (SSSR count). The lowest BCUT2D eigenvalue weighted by molar-refractivity contribution is 0.246. The van der Waals surface area contributed by atoms with Gasteiger partial charge in [0.1, 0.15) is 0 Å². The third kappa shape index (κ3) is 5.00. The van der Waals surface area contributed by atoms with Gasteiger partial charge >= 0.3 is 0 Å². The monoisotopic (exact) mass is 415 g/mol. The molecule has 0 spiro atoms. The molecule has 6 heteroatoms. The van der Waals surface area contributed by atoms with E-state index in [9.17, 15) is 8.42 Å². The van der Waals surface area contributed by atoms with Gasteiger partial charge in [0.2, 0.25) is 10.0 Å². The molecule has 1 N–H and O–H groups in total. The fourth-order valence-electron chi connectivity index (χ4n) is 4.36. The van der Waals surface area contributed by atoms with Crippen LogP contribution in [0, 0.1) is 20.8 Å². The second kappa shape index (κ2) is 8.86. The third-order valence-electron chi connectivity index (χ3n) is 5.72. The molecular formula is C23H33N3O2S. The van der Waals surface area contributed by atoms with E-state index in [-0.39, 0.29) is 6.04 Å². The van der Waals surface area contributed by atoms with E-state index in [1.165, 1.54) is 0 Å². The first-order valence-corrected chi connectivity index (χ1v) is 11.8. The summed E-state index contributed by atoms with van der Waals surface area (Å²) >= 11 is 0. The molecular weight excluding hydrogens is 382 g/mol. The van der Waals surface area contributed by atoms with Gasteiger partial charge in [0.25, 0.3) is 0 Å². The largest absolute Gasteiger partial charge is 0.378 e. The Morgan fingerprint density at radius 1 is 1.00 bits per heavy atom. The molecule has 0 aliphatic carbocycles. The lowest BCUT2D eigenvalue weighted by Gasteiger charge is -2.29. The molecule has 0 aromatic heterocycles. The normalized spacial score (nSPS) is 16.2. The summed E-state index contributed by atoms with van der Waals surface area (Å²) in [7, 11) is 0.465. The summed E-state index contributed by atoms with van der Waals surface area (Å²) in [6.45, 7) is 8.11. The van der Waals surface area contributed by atoms with Crippen LogP contribution in [0.15, 0.2) is 41.3 Å². The van der Waals surface area contributed by atoms with Crippen LogP contribution in [0.4, 0.5) is 5.69 Å². The Labute approximate surface area is 175 Å². The number of nitrogens with one attached hydrogen (secondary N) is 1. The van der Waals surface area contributed by atoms with Gasteiger partial charge in [0.15, 0.2) is 0 Å². The summed E-state index contributed by atoms with van der Waals surface area (Å²) in [5, 5.41) is 0. The zero-order valence-corrected chi connectivity index (χ0v) is 19.0. The molecule has 1 heterocycles. The van der Waals surface area contributed by atoms with E-state index in [1.807, 2.05) is 47.0 Å². The molecule has 1 atom stereocenters. The minimum Gasteiger partial charge on any atom is -0.378 e. The van der Waals surface area contributed by atoms with Gasteiger partial charge in [0, 0.05) is 32.4 Å². The second-order valence-corrected chi connectivity index (χ2v) is 10.0. The maximum Gasteiger partial charge on any atom is 0.241 e. The Bertz CT molecular complexity index is 924. The van der Waals surface area contributed by atoms with E-state index in [2.05, 4.69) is 38.8 Å². The summed E-state index contributed by atoms with van der Waals surface area (Å²) in [6, 6.07) is 12.3. The zero-order valence-electron chi connectivity index (χ0n) is 18.2. The highest BCUT2D eigenvalue weighted by atomic mass is 32.2. The second-order valence-electron chi connectivity index (χ2n) is 8.32. The number of benzene rings is 2. The average molecular weight is 416 g/mol. The van der Waals surface area contributed by atoms with Crippen molar-refractivity contribution in [3.8, 4) is 0 Å². The molecule has 158 valence electrons. The average Bonchev–Trinajstić information content (AvgIpc) is 3.15. The van der Waals surface area contributed by atoms with Crippen LogP contribution >= 0.6 is 0 Å². The number of hydrogen-bond donors (Lipinski definition) is 1. The number of nitrogens with zero attached hydrogens (tertiary/aromatic N) is 2. The Morgan fingerprint density at radius 2 is 1.55 bits per heavy atom. The fourth-order valence-corrected chi connectivity index (χ4v) is 5.84. The molecule has 1 saturated heterocycles. The molecule has 5 nitrogen and oxygen atoms in total. The van der Waals surface area contributed by atoms with Crippen LogP contribution in [-0.2, 0) is 10.0 Å². The molecule has 0 radical (unpaired) electrons. The zero-order chi connectivity index (χ0) is 21.2. The molecule has 0 saturated carbocycles. The Morgan fingerprint density at radius 3 is 2.07 bits per heavy atom. The molecule has 1 aliphatic rings. The molecule has 0 bridgehead atoms. The highest BCUT2D eigenvalue weighted by Gasteiger charge is 2.27. The Kier molecular flexibility index (Phi) is 6.66. The number of hydrogen-bond acceptors (Lipinski definition) is 4. The standard InChI is InChI=1S/C23H33N3O2S/c1-17-14-18(2)23(19(3)15-17)29(27,28)24-16-22(26-12-6-7-13-26)20-8-10-21(11-9-20)25(4)5/h8-11,14-15,22,24H,6-7,12-13,16H2,1-5H3/t22-/m0/s1.